The highest BCUT2D eigenvalue weighted by Gasteiger charge is 2.71. The summed E-state index contributed by atoms with van der Waals surface area (Å²) in [4.78, 5) is 32.1. The fourth-order valence-corrected chi connectivity index (χ4v) is 9.91. The first-order chi connectivity index (χ1) is 32.6. The predicted octanol–water partition coefficient (Wildman–Crippen LogP) is 9.66. The topological polar surface area (TPSA) is 132 Å². The molecule has 0 radical (unpaired) electrons. The first kappa shape index (κ1) is 47.7. The van der Waals surface area contributed by atoms with E-state index in [-0.39, 0.29) is 42.4 Å². The Balaban J connectivity index is 1.23. The number of carbonyl (C=O) groups excluding carboxylic acids is 1. The molecule has 2 bridgehead atoms. The summed E-state index contributed by atoms with van der Waals surface area (Å²) < 4.78 is 139. The highest BCUT2D eigenvalue weighted by Crippen LogP contribution is 2.60. The number of aliphatic hydroxyl groups excluding tert-OH is 1. The van der Waals surface area contributed by atoms with Gasteiger partial charge in [-0.05, 0) is 94.5 Å². The third-order valence-corrected chi connectivity index (χ3v) is 13.5. The maximum atomic E-state index is 17.8. The molecule has 9 rings (SSSR count). The number of methoxy groups -OCH3 is 2. The van der Waals surface area contributed by atoms with Gasteiger partial charge in [0.2, 0.25) is 5.88 Å². The number of piperazine rings is 1. The second kappa shape index (κ2) is 17.3. The number of nitrogens with zero attached hydrogens (tertiary/aromatic N) is 6. The van der Waals surface area contributed by atoms with Crippen molar-refractivity contribution in [2.24, 2.45) is 5.41 Å². The highest BCUT2D eigenvalue weighted by molar-refractivity contribution is 5.98. The van der Waals surface area contributed by atoms with Gasteiger partial charge in [-0.3, -0.25) is 4.90 Å². The normalized spacial score (nSPS) is 22.4. The lowest BCUT2D eigenvalue weighted by Gasteiger charge is -2.48. The number of anilines is 2. The SMILES string of the molecule is COc1ccc(CN(Cc2ccc(OC)cc2)c2cc(-c3nc4c5c(nc(OCC6(CO)CC6(F)F)nc5c3F)N3C[C@H]5CC[C@@H]([C@H]3[C@H](C)O4)N5C(=O)OC(C)(C)C)c(C(F)(F)F)c(C)c2F)cc1. The number of pyridine rings is 1. The van der Waals surface area contributed by atoms with E-state index in [9.17, 15) is 18.7 Å². The van der Waals surface area contributed by atoms with Gasteiger partial charge in [0.05, 0.1) is 55.6 Å². The van der Waals surface area contributed by atoms with Crippen molar-refractivity contribution in [3.8, 4) is 34.6 Å². The number of fused-ring (bicyclic) bond motifs is 5. The quantitative estimate of drug-likeness (QED) is 0.120. The maximum absolute atomic E-state index is 17.8. The number of hydrogen-bond donors (Lipinski definition) is 1. The van der Waals surface area contributed by atoms with E-state index in [1.54, 1.807) is 86.0 Å². The maximum Gasteiger partial charge on any atom is 0.417 e. The Morgan fingerprint density at radius 3 is 2.07 bits per heavy atom. The zero-order valence-electron chi connectivity index (χ0n) is 38.9. The van der Waals surface area contributed by atoms with Crippen LogP contribution < -0.4 is 28.7 Å². The van der Waals surface area contributed by atoms with Gasteiger partial charge in [0, 0.05) is 31.6 Å². The van der Waals surface area contributed by atoms with Crippen LogP contribution in [0.2, 0.25) is 0 Å². The summed E-state index contributed by atoms with van der Waals surface area (Å²) in [5.41, 5.74) is -6.55. The number of ether oxygens (including phenoxy) is 5. The number of benzene rings is 3. The van der Waals surface area contributed by atoms with Gasteiger partial charge in [-0.25, -0.2) is 27.3 Å². The Morgan fingerprint density at radius 2 is 1.54 bits per heavy atom. The average Bonchev–Trinajstić information content (AvgIpc) is 3.76. The molecule has 2 saturated heterocycles. The first-order valence-corrected chi connectivity index (χ1v) is 22.5. The van der Waals surface area contributed by atoms with Gasteiger partial charge in [0.15, 0.2) is 5.82 Å². The van der Waals surface area contributed by atoms with Gasteiger partial charge in [-0.15, -0.1) is 0 Å². The molecule has 13 nitrogen and oxygen atoms in total. The zero-order chi connectivity index (χ0) is 49.5. The lowest BCUT2D eigenvalue weighted by atomic mass is 9.95. The lowest BCUT2D eigenvalue weighted by Crippen LogP contribution is -2.65. The summed E-state index contributed by atoms with van der Waals surface area (Å²) in [5, 5.41) is 9.81. The number of aromatic nitrogens is 3. The molecule has 3 aromatic carbocycles. The van der Waals surface area contributed by atoms with E-state index in [4.69, 9.17) is 23.7 Å². The second-order valence-corrected chi connectivity index (χ2v) is 19.2. The Morgan fingerprint density at radius 1 is 0.928 bits per heavy atom. The monoisotopic (exact) mass is 968 g/mol. The van der Waals surface area contributed by atoms with Gasteiger partial charge in [0.1, 0.15) is 58.0 Å². The van der Waals surface area contributed by atoms with Gasteiger partial charge in [0.25, 0.3) is 5.92 Å². The highest BCUT2D eigenvalue weighted by atomic mass is 19.4. The van der Waals surface area contributed by atoms with Crippen molar-refractivity contribution >= 4 is 28.5 Å². The van der Waals surface area contributed by atoms with Crippen LogP contribution in [0.5, 0.6) is 23.4 Å². The minimum atomic E-state index is -5.26. The third-order valence-electron chi connectivity index (χ3n) is 13.5. The number of rotatable bonds is 12. The molecule has 0 spiro atoms. The number of amides is 1. The number of halogens is 7. The average molecular weight is 969 g/mol. The molecular formula is C49H51F7N6O7. The van der Waals surface area contributed by atoms with Crippen LogP contribution in [-0.2, 0) is 24.0 Å². The van der Waals surface area contributed by atoms with E-state index in [0.29, 0.717) is 35.5 Å². The van der Waals surface area contributed by atoms with Crippen molar-refractivity contribution in [2.75, 3.05) is 43.8 Å². The first-order valence-electron chi connectivity index (χ1n) is 22.5. The minimum Gasteiger partial charge on any atom is -0.497 e. The van der Waals surface area contributed by atoms with Gasteiger partial charge in [-0.1, -0.05) is 24.3 Å². The van der Waals surface area contributed by atoms with Crippen molar-refractivity contribution in [3.05, 3.63) is 88.5 Å². The lowest BCUT2D eigenvalue weighted by molar-refractivity contribution is -0.137. The van der Waals surface area contributed by atoms with Crippen molar-refractivity contribution in [3.63, 3.8) is 0 Å². The summed E-state index contributed by atoms with van der Waals surface area (Å²) in [7, 11) is 2.98. The molecule has 3 fully saturated rings. The van der Waals surface area contributed by atoms with Crippen LogP contribution in [0.4, 0.5) is 47.0 Å². The van der Waals surface area contributed by atoms with Crippen molar-refractivity contribution in [1.29, 1.82) is 0 Å². The molecule has 368 valence electrons. The Kier molecular flexibility index (Phi) is 12.0. The molecule has 2 aromatic heterocycles. The summed E-state index contributed by atoms with van der Waals surface area (Å²) in [6.07, 6.45) is -6.38. The van der Waals surface area contributed by atoms with Crippen LogP contribution in [0.1, 0.15) is 69.2 Å². The van der Waals surface area contributed by atoms with E-state index in [1.165, 1.54) is 19.1 Å². The minimum absolute atomic E-state index is 0.0178. The number of hydrogen-bond acceptors (Lipinski definition) is 12. The van der Waals surface area contributed by atoms with Gasteiger partial charge >= 0.3 is 18.3 Å². The van der Waals surface area contributed by atoms with E-state index in [1.807, 2.05) is 0 Å². The van der Waals surface area contributed by atoms with Crippen molar-refractivity contribution in [1.82, 2.24) is 19.9 Å². The van der Waals surface area contributed by atoms with Crippen LogP contribution in [-0.4, -0.2) is 101 Å². The molecule has 1 unspecified atom stereocenters. The molecule has 5 heterocycles. The molecule has 3 aliphatic heterocycles. The Bertz CT molecular complexity index is 2740. The van der Waals surface area contributed by atoms with Crippen LogP contribution in [0, 0.1) is 24.0 Å². The predicted molar refractivity (Wildman–Crippen MR) is 239 cm³/mol. The summed E-state index contributed by atoms with van der Waals surface area (Å²) in [6, 6.07) is 12.2. The van der Waals surface area contributed by atoms with Crippen LogP contribution in [0.15, 0.2) is 54.6 Å². The third kappa shape index (κ3) is 8.62. The number of alkyl halides is 5. The fraction of sp³-hybridized carbons (Fsp3) is 0.469. The van der Waals surface area contributed by atoms with Crippen LogP contribution in [0.25, 0.3) is 22.2 Å². The standard InChI is InChI=1S/C49H51F7N6O7/c1-25-36(49(54,55)56)32(18-34(37(25)50)60(19-27-8-13-30(65-6)14-9-27)20-28-10-15-31(66-7)16-11-28)39-38(51)40-35-42(59-44(58-40)67-24-47(23-63)22-48(47,52)53)61-21-29-12-17-33(41(61)26(2)68-43(35)57-39)62(29)45(64)69-46(3,4)5/h8-11,13-16,18,26,29,33,41,63H,12,17,19-24H2,1-7H3/t26-,29+,33-,41+,47?/m0/s1. The van der Waals surface area contributed by atoms with Gasteiger partial charge in [-0.2, -0.15) is 23.1 Å². The van der Waals surface area contributed by atoms with E-state index >= 15 is 22.0 Å². The summed E-state index contributed by atoms with van der Waals surface area (Å²) in [5.74, 6) is -5.20. The Labute approximate surface area is 393 Å². The van der Waals surface area contributed by atoms with E-state index < -0.39 is 119 Å². The molecule has 1 aliphatic carbocycles. The molecule has 20 heteroatoms. The van der Waals surface area contributed by atoms with Crippen molar-refractivity contribution in [2.45, 2.75) is 109 Å². The second-order valence-electron chi connectivity index (χ2n) is 19.2. The molecule has 1 amide bonds. The van der Waals surface area contributed by atoms with Gasteiger partial charge < -0.3 is 38.6 Å². The molecule has 5 aromatic rings. The molecule has 69 heavy (non-hydrogen) atoms. The largest absolute Gasteiger partial charge is 0.497 e. The smallest absolute Gasteiger partial charge is 0.417 e. The Hall–Kier alpha value is -6.31. The molecule has 1 N–H and O–H groups in total. The van der Waals surface area contributed by atoms with Crippen molar-refractivity contribution < 1.29 is 64.3 Å². The molecule has 5 atom stereocenters. The van der Waals surface area contributed by atoms with Crippen LogP contribution >= 0.6 is 0 Å². The molecule has 4 aliphatic rings. The number of aliphatic hydroxyl groups is 1. The van der Waals surface area contributed by atoms with Crippen LogP contribution in [0.3, 0.4) is 0 Å². The van der Waals surface area contributed by atoms with E-state index in [0.717, 1.165) is 13.0 Å². The molecule has 1 saturated carbocycles. The number of carbonyl (C=O) groups is 1. The summed E-state index contributed by atoms with van der Waals surface area (Å²) in [6.45, 7) is 6.17. The molecular weight excluding hydrogens is 918 g/mol. The summed E-state index contributed by atoms with van der Waals surface area (Å²) >= 11 is 0. The van der Waals surface area contributed by atoms with E-state index in [2.05, 4.69) is 15.0 Å². The fourth-order valence-electron chi connectivity index (χ4n) is 9.91. The zero-order valence-corrected chi connectivity index (χ0v) is 38.9.